The summed E-state index contributed by atoms with van der Waals surface area (Å²) < 4.78 is 68.6. The maximum atomic E-state index is 15.2. The second kappa shape index (κ2) is 34.2. The van der Waals surface area contributed by atoms with Gasteiger partial charge in [0.2, 0.25) is 17.7 Å². The van der Waals surface area contributed by atoms with Crippen molar-refractivity contribution in [1.82, 2.24) is 73.3 Å². The number of fused-ring (bicyclic) bond motifs is 6. The van der Waals surface area contributed by atoms with Gasteiger partial charge >= 0.3 is 17.1 Å². The fraction of sp³-hybridized carbons (Fsp3) is 0.300. The van der Waals surface area contributed by atoms with Gasteiger partial charge in [0, 0.05) is 77.5 Å². The number of aryl methyl sites for hydroxylation is 3. The van der Waals surface area contributed by atoms with E-state index in [-0.39, 0.29) is 174 Å². The molecule has 15 heterocycles. The zero-order valence-corrected chi connectivity index (χ0v) is 72.1. The first kappa shape index (κ1) is 86.0. The number of benzene rings is 3. The summed E-state index contributed by atoms with van der Waals surface area (Å²) in [4.78, 5) is 132. The monoisotopic (exact) mass is 1770 g/mol. The highest BCUT2D eigenvalue weighted by Crippen LogP contribution is 2.52. The number of nitrogens with zero attached hydrogens (tertiary/aromatic N) is 18. The molecule has 0 radical (unpaired) electrons. The van der Waals surface area contributed by atoms with Gasteiger partial charge in [0.1, 0.15) is 120 Å². The van der Waals surface area contributed by atoms with E-state index in [1.54, 1.807) is 51.5 Å². The number of aromatic hydroxyl groups is 3. The molecule has 0 spiro atoms. The molecular formula is C90H84Cl3F3N18O12. The Morgan fingerprint density at radius 3 is 0.921 bits per heavy atom. The molecule has 0 unspecified atom stereocenters. The molecule has 126 heavy (non-hydrogen) atoms. The van der Waals surface area contributed by atoms with Gasteiger partial charge in [-0.3, -0.25) is 29.3 Å². The molecule has 3 amide bonds. The number of aromatic nitrogens is 12. The van der Waals surface area contributed by atoms with Gasteiger partial charge in [-0.1, -0.05) is 114 Å². The molecule has 3 fully saturated rings. The summed E-state index contributed by atoms with van der Waals surface area (Å²) in [7, 11) is 0. The van der Waals surface area contributed by atoms with Crippen LogP contribution in [-0.4, -0.2) is 203 Å². The number of hydrogen-bond acceptors (Lipinski definition) is 24. The van der Waals surface area contributed by atoms with Crippen molar-refractivity contribution in [2.75, 3.05) is 93.4 Å². The molecule has 0 saturated carbocycles. The molecule has 0 bridgehead atoms. The van der Waals surface area contributed by atoms with Gasteiger partial charge in [-0.05, 0) is 128 Å². The minimum atomic E-state index is -0.746. The average Bonchev–Trinajstić information content (AvgIpc) is 1.33. The van der Waals surface area contributed by atoms with Crippen LogP contribution in [0.15, 0.2) is 144 Å². The summed E-state index contributed by atoms with van der Waals surface area (Å²) in [5.74, 6) is -2.80. The van der Waals surface area contributed by atoms with E-state index in [9.17, 15) is 44.1 Å². The Balaban J connectivity index is 0.000000139. The fourth-order valence-corrected chi connectivity index (χ4v) is 18.0. The Labute approximate surface area is 733 Å². The molecule has 0 aliphatic carbocycles. The molecule has 3 N–H and O–H groups in total. The maximum absolute atomic E-state index is 15.2. The SMILES string of the molecule is C=CC(=O)N1CCN2c3nc(=O)n(-c4c(C)ccnc4C(C)C)c4nc(-c5c(O)cccc5F)c(Cl)c(c34)OC[C@@H]2C1.C=CC(=O)N1CCN2c3nc(=O)n(-c4c(C)ccnc4C(C)C)c4nc(-c5c(O)cccc5F)c(Cl)c(c34)OC[C@@H]2C1.C=CC(=O)N1CCN2c3nc(=O)n(-c4c(C)ccnc4C(C)C)c4nc(-c5c(O)cccc5F)c(Cl)c(c34)OC[C@@H]2C1. The van der Waals surface area contributed by atoms with Crippen molar-refractivity contribution in [3.8, 4) is 85.3 Å². The van der Waals surface area contributed by atoms with Crippen molar-refractivity contribution in [2.45, 2.75) is 98.2 Å². The second-order valence-electron chi connectivity index (χ2n) is 32.0. The van der Waals surface area contributed by atoms with Crippen LogP contribution in [0.2, 0.25) is 15.1 Å². The number of carbonyl (C=O) groups excluding carboxylic acids is 3. The van der Waals surface area contributed by atoms with Crippen molar-refractivity contribution in [2.24, 2.45) is 0 Å². The Morgan fingerprint density at radius 1 is 0.421 bits per heavy atom. The number of pyridine rings is 6. The predicted octanol–water partition coefficient (Wildman–Crippen LogP) is 13.1. The van der Waals surface area contributed by atoms with Gasteiger partial charge < -0.3 is 58.9 Å². The number of piperazine rings is 3. The molecule has 3 aromatic carbocycles. The van der Waals surface area contributed by atoms with Crippen molar-refractivity contribution < 1.29 is 57.1 Å². The van der Waals surface area contributed by atoms with E-state index in [2.05, 4.69) is 49.6 Å². The number of amides is 3. The molecule has 9 aromatic heterocycles. The predicted molar refractivity (Wildman–Crippen MR) is 472 cm³/mol. The van der Waals surface area contributed by atoms with Gasteiger partial charge in [0.25, 0.3) is 0 Å². The third-order valence-electron chi connectivity index (χ3n) is 23.2. The number of phenolic OH excluding ortho intramolecular Hbond substituents is 3. The fourth-order valence-electron chi connectivity index (χ4n) is 17.1. The summed E-state index contributed by atoms with van der Waals surface area (Å²) in [5.41, 5.74) is 3.31. The lowest BCUT2D eigenvalue weighted by Gasteiger charge is -2.40. The number of carbonyl (C=O) groups is 3. The molecule has 36 heteroatoms. The van der Waals surface area contributed by atoms with E-state index in [1.165, 1.54) is 86.5 Å². The number of phenols is 3. The van der Waals surface area contributed by atoms with Gasteiger partial charge in [-0.2, -0.15) is 15.0 Å². The van der Waals surface area contributed by atoms with Crippen molar-refractivity contribution in [3.63, 3.8) is 0 Å². The molecular weight excluding hydrogens is 1690 g/mol. The Bertz CT molecular complexity index is 6100. The third kappa shape index (κ3) is 14.9. The summed E-state index contributed by atoms with van der Waals surface area (Å²) in [6.07, 6.45) is 8.80. The summed E-state index contributed by atoms with van der Waals surface area (Å²) in [6, 6.07) is 15.9. The molecule has 648 valence electrons. The lowest BCUT2D eigenvalue weighted by atomic mass is 10.0. The highest BCUT2D eigenvalue weighted by atomic mass is 35.5. The van der Waals surface area contributed by atoms with E-state index in [4.69, 9.17) is 64.0 Å². The van der Waals surface area contributed by atoms with Crippen molar-refractivity contribution in [3.05, 3.63) is 227 Å². The van der Waals surface area contributed by atoms with Crippen LogP contribution in [0, 0.1) is 38.2 Å². The smallest absolute Gasteiger partial charge is 0.355 e. The number of halogens is 6. The van der Waals surface area contributed by atoms with Crippen molar-refractivity contribution in [1.29, 1.82) is 0 Å². The van der Waals surface area contributed by atoms with Crippen LogP contribution in [0.25, 0.3) is 83.9 Å². The summed E-state index contributed by atoms with van der Waals surface area (Å²) >= 11 is 20.7. The molecule has 3 atom stereocenters. The van der Waals surface area contributed by atoms with E-state index in [0.29, 0.717) is 127 Å². The number of ether oxygens (including phenoxy) is 3. The highest BCUT2D eigenvalue weighted by Gasteiger charge is 2.43. The average molecular weight is 1770 g/mol. The molecule has 6 aliphatic heterocycles. The normalized spacial score (nSPS) is 16.3. The Hall–Kier alpha value is -13.5. The van der Waals surface area contributed by atoms with Crippen LogP contribution in [-0.2, 0) is 14.4 Å². The zero-order valence-electron chi connectivity index (χ0n) is 69.8. The number of rotatable bonds is 12. The Morgan fingerprint density at radius 2 is 0.683 bits per heavy atom. The van der Waals surface area contributed by atoms with E-state index >= 15 is 13.2 Å². The number of hydrogen-bond donors (Lipinski definition) is 3. The van der Waals surface area contributed by atoms with Crippen molar-refractivity contribution >= 4 is 103 Å². The van der Waals surface area contributed by atoms with Crippen LogP contribution in [0.1, 0.15) is 93.1 Å². The van der Waals surface area contributed by atoms with Crippen LogP contribution in [0.4, 0.5) is 30.6 Å². The van der Waals surface area contributed by atoms with Gasteiger partial charge in [0.05, 0.1) is 69.0 Å². The highest BCUT2D eigenvalue weighted by molar-refractivity contribution is 6.37. The standard InChI is InChI=1S/3C30H28ClFN6O4/c3*1-5-20(40)36-11-12-37-17(13-36)14-42-27-22-28(37)35-30(41)38(26-16(4)9-10-33-24(26)15(2)3)29(22)34-25(23(27)31)21-18(32)7-6-8-19(21)39/h3*5-10,15,17,39H,1,11-14H2,2-4H3/t3*17-/m000/s1. The zero-order chi connectivity index (χ0) is 89.6. The second-order valence-corrected chi connectivity index (χ2v) is 33.1. The molecule has 30 nitrogen and oxygen atoms in total. The minimum absolute atomic E-state index is 0.0398. The molecule has 6 aliphatic rings. The molecule has 18 rings (SSSR count). The lowest BCUT2D eigenvalue weighted by Crippen LogP contribution is -2.56. The first-order chi connectivity index (χ1) is 60.3. The van der Waals surface area contributed by atoms with Crippen LogP contribution < -0.4 is 46.0 Å². The van der Waals surface area contributed by atoms with Gasteiger partial charge in [-0.25, -0.2) is 56.2 Å². The maximum Gasteiger partial charge on any atom is 0.355 e. The summed E-state index contributed by atoms with van der Waals surface area (Å²) in [6.45, 7) is 31.6. The molecule has 12 aromatic rings. The minimum Gasteiger partial charge on any atom is -0.507 e. The first-order valence-corrected chi connectivity index (χ1v) is 41.7. The largest absolute Gasteiger partial charge is 0.507 e. The Kier molecular flexibility index (Phi) is 23.3. The number of anilines is 3. The lowest BCUT2D eigenvalue weighted by molar-refractivity contribution is -0.127. The van der Waals surface area contributed by atoms with E-state index < -0.39 is 34.5 Å². The quantitative estimate of drug-likeness (QED) is 0.0956. The third-order valence-corrected chi connectivity index (χ3v) is 24.2. The van der Waals surface area contributed by atoms with Crippen LogP contribution in [0.3, 0.4) is 0 Å². The van der Waals surface area contributed by atoms with Crippen LogP contribution in [0.5, 0.6) is 34.5 Å². The van der Waals surface area contributed by atoms with Crippen LogP contribution >= 0.6 is 34.8 Å². The topological polar surface area (TPSA) is 341 Å². The van der Waals surface area contributed by atoms with E-state index in [1.807, 2.05) is 77.0 Å². The molecule has 3 saturated heterocycles. The first-order valence-electron chi connectivity index (χ1n) is 40.6. The van der Waals surface area contributed by atoms with E-state index in [0.717, 1.165) is 16.7 Å². The summed E-state index contributed by atoms with van der Waals surface area (Å²) in [5, 5.41) is 33.0. The van der Waals surface area contributed by atoms with Gasteiger partial charge in [-0.15, -0.1) is 0 Å². The van der Waals surface area contributed by atoms with Gasteiger partial charge in [0.15, 0.2) is 34.2 Å².